The van der Waals surface area contributed by atoms with Gasteiger partial charge in [-0.2, -0.15) is 13.2 Å². The van der Waals surface area contributed by atoms with E-state index in [1.807, 2.05) is 37.4 Å². The summed E-state index contributed by atoms with van der Waals surface area (Å²) in [5.41, 5.74) is 0.715. The van der Waals surface area contributed by atoms with Crippen LogP contribution in [0.25, 0.3) is 0 Å². The van der Waals surface area contributed by atoms with Crippen LogP contribution in [0, 0.1) is 0 Å². The van der Waals surface area contributed by atoms with Gasteiger partial charge in [0.05, 0.1) is 11.1 Å². The summed E-state index contributed by atoms with van der Waals surface area (Å²) >= 11 is 0. The van der Waals surface area contributed by atoms with Gasteiger partial charge in [0.1, 0.15) is 0 Å². The van der Waals surface area contributed by atoms with Crippen molar-refractivity contribution in [2.24, 2.45) is 0 Å². The Bertz CT molecular complexity index is 922. The summed E-state index contributed by atoms with van der Waals surface area (Å²) in [6.07, 6.45) is 0.949. The number of rotatable bonds is 4. The van der Waals surface area contributed by atoms with Gasteiger partial charge in [-0.3, -0.25) is 4.79 Å². The predicted molar refractivity (Wildman–Crippen MR) is 115 cm³/mol. The van der Waals surface area contributed by atoms with Crippen LogP contribution in [0.5, 0.6) is 0 Å². The third kappa shape index (κ3) is 4.64. The lowest BCUT2D eigenvalue weighted by molar-refractivity contribution is -0.137. The summed E-state index contributed by atoms with van der Waals surface area (Å²) in [5, 5.41) is 3.26. The topological polar surface area (TPSA) is 32.3 Å². The third-order valence-corrected chi connectivity index (χ3v) is 6.78. The van der Waals surface area contributed by atoms with E-state index in [0.717, 1.165) is 56.7 Å². The summed E-state index contributed by atoms with van der Waals surface area (Å²) in [5.74, 6) is -0.278. The maximum atomic E-state index is 13.5. The van der Waals surface area contributed by atoms with Crippen LogP contribution in [0.2, 0.25) is 0 Å². The number of likely N-dealkylation sites (N-methyl/N-ethyl adjacent to an activating group) is 1. The second kappa shape index (κ2) is 8.65. The Morgan fingerprint density at radius 1 is 1.06 bits per heavy atom. The fourth-order valence-electron chi connectivity index (χ4n) is 5.24. The van der Waals surface area contributed by atoms with Crippen LogP contribution < -0.4 is 5.32 Å². The lowest BCUT2D eigenvalue weighted by atomic mass is 9.81. The van der Waals surface area contributed by atoms with E-state index in [1.54, 1.807) is 0 Å². The molecule has 1 amide bonds. The molecule has 0 radical (unpaired) electrons. The Morgan fingerprint density at radius 3 is 2.42 bits per heavy atom. The first-order valence-corrected chi connectivity index (χ1v) is 11.1. The lowest BCUT2D eigenvalue weighted by Crippen LogP contribution is -2.55. The van der Waals surface area contributed by atoms with Crippen LogP contribution >= 0.6 is 0 Å². The molecule has 1 unspecified atom stereocenters. The zero-order valence-electron chi connectivity index (χ0n) is 17.8. The molecule has 4 rings (SSSR count). The summed E-state index contributed by atoms with van der Waals surface area (Å²) in [4.78, 5) is 15.7. The number of piperidine rings is 1. The van der Waals surface area contributed by atoms with Crippen LogP contribution in [-0.4, -0.2) is 30.9 Å². The van der Waals surface area contributed by atoms with Crippen molar-refractivity contribution < 1.29 is 18.0 Å². The molecule has 31 heavy (non-hydrogen) atoms. The van der Waals surface area contributed by atoms with Gasteiger partial charge in [0.15, 0.2) is 0 Å². The maximum absolute atomic E-state index is 13.5. The molecule has 1 aliphatic heterocycles. The molecule has 3 nitrogen and oxygen atoms in total. The number of carbonyl (C=O) groups is 1. The maximum Gasteiger partial charge on any atom is 0.416 e. The van der Waals surface area contributed by atoms with Crippen molar-refractivity contribution in [3.05, 3.63) is 70.8 Å². The molecule has 1 saturated carbocycles. The molecule has 166 valence electrons. The molecule has 0 aromatic heterocycles. The number of hydrogen-bond acceptors (Lipinski definition) is 2. The minimum absolute atomic E-state index is 0.00440. The zero-order valence-corrected chi connectivity index (χ0v) is 17.8. The minimum atomic E-state index is -4.42. The van der Waals surface area contributed by atoms with Crippen molar-refractivity contribution in [1.29, 1.82) is 0 Å². The first-order chi connectivity index (χ1) is 14.8. The molecule has 2 aromatic carbocycles. The van der Waals surface area contributed by atoms with Crippen molar-refractivity contribution in [2.75, 3.05) is 20.1 Å². The smallest absolute Gasteiger partial charge is 0.341 e. The lowest BCUT2D eigenvalue weighted by Gasteiger charge is -2.42. The standard InChI is InChI=1S/C25H29F3N2O/c1-30-15-7-14-24(17-30,19-10-3-2-4-11-19)29-23(31)21-13-12-20(25(26,27)28)16-22(21)18-8-5-6-9-18/h2-4,10-13,16,18H,5-9,14-15,17H2,1H3,(H,29,31). The third-order valence-electron chi connectivity index (χ3n) is 6.78. The van der Waals surface area contributed by atoms with E-state index >= 15 is 0 Å². The van der Waals surface area contributed by atoms with Gasteiger partial charge in [-0.15, -0.1) is 0 Å². The monoisotopic (exact) mass is 430 g/mol. The number of nitrogens with zero attached hydrogens (tertiary/aromatic N) is 1. The normalized spacial score (nSPS) is 23.1. The number of carbonyl (C=O) groups excluding carboxylic acids is 1. The SMILES string of the molecule is CN1CCCC(NC(=O)c2ccc(C(F)(F)F)cc2C2CCCC2)(c2ccccc2)C1. The van der Waals surface area contributed by atoms with Crippen LogP contribution in [0.3, 0.4) is 0 Å². The number of alkyl halides is 3. The first kappa shape index (κ1) is 21.9. The highest BCUT2D eigenvalue weighted by Crippen LogP contribution is 2.40. The van der Waals surface area contributed by atoms with E-state index in [0.29, 0.717) is 17.7 Å². The fraction of sp³-hybridized carbons (Fsp3) is 0.480. The Hall–Kier alpha value is -2.34. The minimum Gasteiger partial charge on any atom is -0.341 e. The molecule has 2 aliphatic rings. The molecule has 2 fully saturated rings. The van der Waals surface area contributed by atoms with Crippen LogP contribution in [-0.2, 0) is 11.7 Å². The molecule has 0 spiro atoms. The Balaban J connectivity index is 1.71. The number of halogens is 3. The van der Waals surface area contributed by atoms with Gasteiger partial charge >= 0.3 is 6.18 Å². The van der Waals surface area contributed by atoms with Crippen molar-refractivity contribution in [3.63, 3.8) is 0 Å². The summed E-state index contributed by atoms with van der Waals surface area (Å²) < 4.78 is 40.1. The van der Waals surface area contributed by atoms with Crippen LogP contribution in [0.1, 0.15) is 71.5 Å². The second-order valence-corrected chi connectivity index (χ2v) is 9.02. The predicted octanol–water partition coefficient (Wildman–Crippen LogP) is 5.71. The largest absolute Gasteiger partial charge is 0.416 e. The van der Waals surface area contributed by atoms with E-state index in [1.165, 1.54) is 12.1 Å². The van der Waals surface area contributed by atoms with E-state index in [-0.39, 0.29) is 11.8 Å². The Kier molecular flexibility index (Phi) is 6.11. The van der Waals surface area contributed by atoms with Crippen LogP contribution in [0.15, 0.2) is 48.5 Å². The molecular formula is C25H29F3N2O. The molecule has 1 aliphatic carbocycles. The van der Waals surface area contributed by atoms with Crippen molar-refractivity contribution in [3.8, 4) is 0 Å². The van der Waals surface area contributed by atoms with E-state index in [2.05, 4.69) is 10.2 Å². The second-order valence-electron chi connectivity index (χ2n) is 9.02. The number of nitrogens with one attached hydrogen (secondary N) is 1. The molecule has 6 heteroatoms. The molecule has 1 heterocycles. The summed E-state index contributed by atoms with van der Waals surface area (Å²) in [6.45, 7) is 1.63. The molecule has 0 bridgehead atoms. The highest BCUT2D eigenvalue weighted by atomic mass is 19.4. The van der Waals surface area contributed by atoms with Gasteiger partial charge in [-0.05, 0) is 74.5 Å². The van der Waals surface area contributed by atoms with Gasteiger partial charge < -0.3 is 10.2 Å². The number of amides is 1. The van der Waals surface area contributed by atoms with Gasteiger partial charge in [-0.25, -0.2) is 0 Å². The molecular weight excluding hydrogens is 401 g/mol. The van der Waals surface area contributed by atoms with Crippen LogP contribution in [0.4, 0.5) is 13.2 Å². The highest BCUT2D eigenvalue weighted by Gasteiger charge is 2.39. The Morgan fingerprint density at radius 2 is 1.77 bits per heavy atom. The Labute approximate surface area is 181 Å². The zero-order chi connectivity index (χ0) is 22.1. The van der Waals surface area contributed by atoms with Gasteiger partial charge in [0.25, 0.3) is 5.91 Å². The average molecular weight is 431 g/mol. The quantitative estimate of drug-likeness (QED) is 0.673. The summed E-state index contributed by atoms with van der Waals surface area (Å²) in [6, 6.07) is 13.5. The molecule has 1 saturated heterocycles. The molecule has 1 atom stereocenters. The highest BCUT2D eigenvalue weighted by molar-refractivity contribution is 5.96. The number of hydrogen-bond donors (Lipinski definition) is 1. The first-order valence-electron chi connectivity index (χ1n) is 11.1. The number of likely N-dealkylation sites (tertiary alicyclic amines) is 1. The fourth-order valence-corrected chi connectivity index (χ4v) is 5.24. The van der Waals surface area contributed by atoms with Crippen molar-refractivity contribution in [2.45, 2.75) is 56.2 Å². The van der Waals surface area contributed by atoms with E-state index in [4.69, 9.17) is 0 Å². The summed E-state index contributed by atoms with van der Waals surface area (Å²) in [7, 11) is 2.03. The average Bonchev–Trinajstić information content (AvgIpc) is 3.28. The van der Waals surface area contributed by atoms with Crippen molar-refractivity contribution in [1.82, 2.24) is 10.2 Å². The number of benzene rings is 2. The molecule has 2 aromatic rings. The molecule has 1 N–H and O–H groups in total. The van der Waals surface area contributed by atoms with Gasteiger partial charge in [0, 0.05) is 12.1 Å². The van der Waals surface area contributed by atoms with Gasteiger partial charge in [-0.1, -0.05) is 43.2 Å². The van der Waals surface area contributed by atoms with E-state index in [9.17, 15) is 18.0 Å². The van der Waals surface area contributed by atoms with Crippen molar-refractivity contribution >= 4 is 5.91 Å². The van der Waals surface area contributed by atoms with E-state index < -0.39 is 17.3 Å². The van der Waals surface area contributed by atoms with Gasteiger partial charge in [0.2, 0.25) is 0 Å².